The number of likely N-dealkylation sites (tertiary alicyclic amines) is 1. The molecule has 3 heterocycles. The molecular weight excluding hydrogens is 349 g/mol. The quantitative estimate of drug-likeness (QED) is 0.792. The number of benzene rings is 1. The lowest BCUT2D eigenvalue weighted by atomic mass is 9.81. The van der Waals surface area contributed by atoms with E-state index in [1.54, 1.807) is 24.0 Å². The van der Waals surface area contributed by atoms with E-state index < -0.39 is 0 Å². The van der Waals surface area contributed by atoms with E-state index in [0.29, 0.717) is 49.3 Å². The summed E-state index contributed by atoms with van der Waals surface area (Å²) in [5, 5.41) is 0. The van der Waals surface area contributed by atoms with Crippen molar-refractivity contribution in [3.05, 3.63) is 35.1 Å². The van der Waals surface area contributed by atoms with E-state index in [1.807, 2.05) is 0 Å². The Morgan fingerprint density at radius 1 is 1.22 bits per heavy atom. The number of hydrogen-bond donors (Lipinski definition) is 0. The molecule has 0 N–H and O–H groups in total. The molecule has 3 fully saturated rings. The molecule has 0 aromatic heterocycles. The van der Waals surface area contributed by atoms with Crippen molar-refractivity contribution in [2.24, 2.45) is 11.8 Å². The Bertz CT molecular complexity index is 683. The molecule has 0 radical (unpaired) electrons. The molecule has 6 heteroatoms. The lowest BCUT2D eigenvalue weighted by molar-refractivity contribution is -0.129. The lowest BCUT2D eigenvalue weighted by Crippen LogP contribution is -2.66. The van der Waals surface area contributed by atoms with E-state index in [2.05, 4.69) is 0 Å². The standard InChI is InChI=1S/C21H28FNO4/c1-15-2-3-17(10-19(15)22)20(24)23-13-21(14-23)18(6-9-27-21)12-26-11-16-4-7-25-8-5-16/h2-3,10,16,18H,4-9,11-14H2,1H3/t18-/m0/s1. The largest absolute Gasteiger partial charge is 0.381 e. The molecule has 3 aliphatic heterocycles. The van der Waals surface area contributed by atoms with Crippen LogP contribution in [0, 0.1) is 24.6 Å². The number of carbonyl (C=O) groups excluding carboxylic acids is 1. The summed E-state index contributed by atoms with van der Waals surface area (Å²) in [6, 6.07) is 4.67. The second-order valence-electron chi connectivity index (χ2n) is 8.12. The summed E-state index contributed by atoms with van der Waals surface area (Å²) in [6.45, 7) is 6.66. The van der Waals surface area contributed by atoms with Crippen LogP contribution in [0.25, 0.3) is 0 Å². The van der Waals surface area contributed by atoms with Gasteiger partial charge in [-0.2, -0.15) is 0 Å². The monoisotopic (exact) mass is 377 g/mol. The van der Waals surface area contributed by atoms with Crippen molar-refractivity contribution in [1.82, 2.24) is 4.90 Å². The summed E-state index contributed by atoms with van der Waals surface area (Å²) in [7, 11) is 0. The predicted molar refractivity (Wildman–Crippen MR) is 98.2 cm³/mol. The van der Waals surface area contributed by atoms with Gasteiger partial charge in [0.2, 0.25) is 0 Å². The van der Waals surface area contributed by atoms with Crippen LogP contribution in [0.5, 0.6) is 0 Å². The van der Waals surface area contributed by atoms with Gasteiger partial charge >= 0.3 is 0 Å². The second-order valence-corrected chi connectivity index (χ2v) is 8.12. The van der Waals surface area contributed by atoms with Crippen LogP contribution in [-0.2, 0) is 14.2 Å². The topological polar surface area (TPSA) is 48.0 Å². The summed E-state index contributed by atoms with van der Waals surface area (Å²) >= 11 is 0. The van der Waals surface area contributed by atoms with Gasteiger partial charge in [0.15, 0.2) is 0 Å². The highest BCUT2D eigenvalue weighted by atomic mass is 19.1. The van der Waals surface area contributed by atoms with Gasteiger partial charge in [-0.1, -0.05) is 6.07 Å². The zero-order valence-corrected chi connectivity index (χ0v) is 15.9. The molecule has 0 bridgehead atoms. The Labute approximate surface area is 159 Å². The maximum Gasteiger partial charge on any atom is 0.254 e. The summed E-state index contributed by atoms with van der Waals surface area (Å²) in [4.78, 5) is 14.4. The van der Waals surface area contributed by atoms with Crippen LogP contribution in [-0.4, -0.2) is 62.5 Å². The van der Waals surface area contributed by atoms with Crippen molar-refractivity contribution in [2.75, 3.05) is 46.1 Å². The normalized spacial score (nSPS) is 25.0. The molecule has 4 rings (SSSR count). The van der Waals surface area contributed by atoms with Gasteiger partial charge in [-0.05, 0) is 49.8 Å². The fourth-order valence-corrected chi connectivity index (χ4v) is 4.31. The van der Waals surface area contributed by atoms with E-state index in [9.17, 15) is 9.18 Å². The van der Waals surface area contributed by atoms with Crippen molar-refractivity contribution in [3.8, 4) is 0 Å². The van der Waals surface area contributed by atoms with Crippen LogP contribution < -0.4 is 0 Å². The number of aryl methyl sites for hydroxylation is 1. The first-order chi connectivity index (χ1) is 13.1. The zero-order chi connectivity index (χ0) is 18.9. The SMILES string of the molecule is Cc1ccc(C(=O)N2CC3(C2)OCC[C@H]3COCC2CCOCC2)cc1F. The fraction of sp³-hybridized carbons (Fsp3) is 0.667. The highest BCUT2D eigenvalue weighted by Gasteiger charge is 2.54. The van der Waals surface area contributed by atoms with Crippen molar-refractivity contribution < 1.29 is 23.4 Å². The molecule has 1 aromatic rings. The summed E-state index contributed by atoms with van der Waals surface area (Å²) < 4.78 is 31.2. The molecule has 1 aromatic carbocycles. The van der Waals surface area contributed by atoms with E-state index in [0.717, 1.165) is 39.1 Å². The van der Waals surface area contributed by atoms with Crippen LogP contribution >= 0.6 is 0 Å². The van der Waals surface area contributed by atoms with Crippen LogP contribution in [0.2, 0.25) is 0 Å². The third-order valence-electron chi connectivity index (χ3n) is 6.24. The van der Waals surface area contributed by atoms with Gasteiger partial charge in [-0.25, -0.2) is 4.39 Å². The first-order valence-electron chi connectivity index (χ1n) is 9.92. The lowest BCUT2D eigenvalue weighted by Gasteiger charge is -2.50. The average Bonchev–Trinajstić information content (AvgIpc) is 3.07. The van der Waals surface area contributed by atoms with Crippen LogP contribution in [0.15, 0.2) is 18.2 Å². The van der Waals surface area contributed by atoms with Gasteiger partial charge in [-0.3, -0.25) is 4.79 Å². The van der Waals surface area contributed by atoms with Crippen LogP contribution in [0.4, 0.5) is 4.39 Å². The molecular formula is C21H28FNO4. The first-order valence-corrected chi connectivity index (χ1v) is 9.92. The van der Waals surface area contributed by atoms with Gasteiger partial charge in [0.25, 0.3) is 5.91 Å². The highest BCUT2D eigenvalue weighted by Crippen LogP contribution is 2.40. The maximum atomic E-state index is 13.8. The first kappa shape index (κ1) is 18.8. The van der Waals surface area contributed by atoms with Crippen molar-refractivity contribution in [2.45, 2.75) is 31.8 Å². The summed E-state index contributed by atoms with van der Waals surface area (Å²) in [6.07, 6.45) is 3.11. The molecule has 1 amide bonds. The minimum absolute atomic E-state index is 0.128. The molecule has 148 valence electrons. The number of hydrogen-bond acceptors (Lipinski definition) is 4. The number of amides is 1. The minimum atomic E-state index is -0.340. The number of halogens is 1. The predicted octanol–water partition coefficient (Wildman–Crippen LogP) is 2.81. The molecule has 0 unspecified atom stereocenters. The van der Waals surface area contributed by atoms with E-state index >= 15 is 0 Å². The van der Waals surface area contributed by atoms with Gasteiger partial charge < -0.3 is 19.1 Å². The Morgan fingerprint density at radius 3 is 2.74 bits per heavy atom. The van der Waals surface area contributed by atoms with Gasteiger partial charge in [-0.15, -0.1) is 0 Å². The Hall–Kier alpha value is -1.50. The summed E-state index contributed by atoms with van der Waals surface area (Å²) in [5.74, 6) is 0.438. The van der Waals surface area contributed by atoms with Crippen molar-refractivity contribution in [3.63, 3.8) is 0 Å². The molecule has 3 aliphatic rings. The van der Waals surface area contributed by atoms with Gasteiger partial charge in [0.1, 0.15) is 11.4 Å². The van der Waals surface area contributed by atoms with Crippen LogP contribution in [0.3, 0.4) is 0 Å². The number of rotatable bonds is 5. The van der Waals surface area contributed by atoms with Crippen molar-refractivity contribution >= 4 is 5.91 Å². The van der Waals surface area contributed by atoms with Crippen molar-refractivity contribution in [1.29, 1.82) is 0 Å². The molecule has 5 nitrogen and oxygen atoms in total. The maximum absolute atomic E-state index is 13.8. The molecule has 0 aliphatic carbocycles. The van der Waals surface area contributed by atoms with E-state index in [4.69, 9.17) is 14.2 Å². The third kappa shape index (κ3) is 3.89. The minimum Gasteiger partial charge on any atom is -0.381 e. The molecule has 27 heavy (non-hydrogen) atoms. The van der Waals surface area contributed by atoms with Gasteiger partial charge in [0, 0.05) is 37.9 Å². The van der Waals surface area contributed by atoms with Gasteiger partial charge in [0.05, 0.1) is 19.7 Å². The number of ether oxygens (including phenoxy) is 3. The smallest absolute Gasteiger partial charge is 0.254 e. The number of nitrogens with zero attached hydrogens (tertiary/aromatic N) is 1. The third-order valence-corrected chi connectivity index (χ3v) is 6.24. The molecule has 1 atom stereocenters. The van der Waals surface area contributed by atoms with E-state index in [-0.39, 0.29) is 17.3 Å². The highest BCUT2D eigenvalue weighted by molar-refractivity contribution is 5.95. The fourth-order valence-electron chi connectivity index (χ4n) is 4.31. The second kappa shape index (κ2) is 7.86. The zero-order valence-electron chi connectivity index (χ0n) is 15.9. The molecule has 3 saturated heterocycles. The Morgan fingerprint density at radius 2 is 2.00 bits per heavy atom. The Balaban J connectivity index is 1.29. The average molecular weight is 377 g/mol. The van der Waals surface area contributed by atoms with E-state index in [1.165, 1.54) is 6.07 Å². The molecule has 0 saturated carbocycles. The Kier molecular flexibility index (Phi) is 5.48. The summed E-state index contributed by atoms with van der Waals surface area (Å²) in [5.41, 5.74) is 0.667. The number of carbonyl (C=O) groups is 1. The molecule has 1 spiro atoms. The van der Waals surface area contributed by atoms with Crippen LogP contribution in [0.1, 0.15) is 35.2 Å².